The number of aromatic nitrogens is 1. The van der Waals surface area contributed by atoms with Gasteiger partial charge in [0.1, 0.15) is 11.4 Å². The van der Waals surface area contributed by atoms with Crippen molar-refractivity contribution in [3.63, 3.8) is 0 Å². The summed E-state index contributed by atoms with van der Waals surface area (Å²) in [5.74, 6) is 0.531. The number of nitrogens with one attached hydrogen (secondary N) is 1. The van der Waals surface area contributed by atoms with Crippen molar-refractivity contribution in [3.05, 3.63) is 100.0 Å². The average molecular weight is 532 g/mol. The second kappa shape index (κ2) is 11.6. The van der Waals surface area contributed by atoms with E-state index in [-0.39, 0.29) is 24.3 Å². The first-order valence-electron chi connectivity index (χ1n) is 12.1. The maximum absolute atomic E-state index is 13.0. The van der Waals surface area contributed by atoms with Crippen LogP contribution in [0, 0.1) is 0 Å². The molecule has 5 rings (SSSR count). The highest BCUT2D eigenvalue weighted by Crippen LogP contribution is 2.32. The number of piperidine rings is 1. The standard InChI is InChI=1S/C29H26ClN3O3S/c30-22-9-6-10-23(17-22)36-18-27(34)33-15-13-21(14-16-33)29-32-26(19-37-29)28(35)31-25-12-5-4-11-24(25)20-7-2-1-3-8-20/h1-12,17,19,21H,13-16,18H2,(H,31,35). The van der Waals surface area contributed by atoms with Crippen LogP contribution in [0.15, 0.2) is 84.2 Å². The Balaban J connectivity index is 1.16. The molecule has 1 aliphatic heterocycles. The summed E-state index contributed by atoms with van der Waals surface area (Å²) in [6.45, 7) is 1.25. The molecule has 0 aliphatic carbocycles. The summed E-state index contributed by atoms with van der Waals surface area (Å²) < 4.78 is 5.60. The Hall–Kier alpha value is -3.68. The molecule has 3 aromatic carbocycles. The lowest BCUT2D eigenvalue weighted by atomic mass is 9.97. The average Bonchev–Trinajstić information content (AvgIpc) is 3.43. The fraction of sp³-hybridized carbons (Fsp3) is 0.207. The zero-order valence-electron chi connectivity index (χ0n) is 20.1. The van der Waals surface area contributed by atoms with Gasteiger partial charge in [0.2, 0.25) is 0 Å². The Labute approximate surface area is 224 Å². The number of amides is 2. The van der Waals surface area contributed by atoms with E-state index in [2.05, 4.69) is 10.3 Å². The van der Waals surface area contributed by atoms with Crippen molar-refractivity contribution in [2.75, 3.05) is 25.0 Å². The molecule has 4 aromatic rings. The summed E-state index contributed by atoms with van der Waals surface area (Å²) in [6, 6.07) is 24.7. The highest BCUT2D eigenvalue weighted by atomic mass is 35.5. The molecule has 0 radical (unpaired) electrons. The normalized spacial score (nSPS) is 13.8. The van der Waals surface area contributed by atoms with E-state index in [0.717, 1.165) is 34.7 Å². The van der Waals surface area contributed by atoms with Gasteiger partial charge >= 0.3 is 0 Å². The summed E-state index contributed by atoms with van der Waals surface area (Å²) in [5, 5.41) is 6.34. The molecule has 2 heterocycles. The smallest absolute Gasteiger partial charge is 0.275 e. The van der Waals surface area contributed by atoms with Gasteiger partial charge in [-0.1, -0.05) is 66.2 Å². The van der Waals surface area contributed by atoms with E-state index in [1.165, 1.54) is 11.3 Å². The van der Waals surface area contributed by atoms with E-state index in [1.54, 1.807) is 24.3 Å². The fourth-order valence-corrected chi connectivity index (χ4v) is 5.55. The van der Waals surface area contributed by atoms with Crippen molar-refractivity contribution >= 4 is 40.4 Å². The Morgan fingerprint density at radius 1 is 1.00 bits per heavy atom. The van der Waals surface area contributed by atoms with E-state index in [1.807, 2.05) is 64.9 Å². The van der Waals surface area contributed by atoms with Crippen LogP contribution in [0.3, 0.4) is 0 Å². The Morgan fingerprint density at radius 2 is 1.76 bits per heavy atom. The first-order chi connectivity index (χ1) is 18.1. The zero-order chi connectivity index (χ0) is 25.6. The lowest BCUT2D eigenvalue weighted by Crippen LogP contribution is -2.40. The number of hydrogen-bond acceptors (Lipinski definition) is 5. The first kappa shape index (κ1) is 25.0. The molecule has 0 spiro atoms. The lowest BCUT2D eigenvalue weighted by molar-refractivity contribution is -0.134. The number of likely N-dealkylation sites (tertiary alicyclic amines) is 1. The molecule has 188 valence electrons. The van der Waals surface area contributed by atoms with E-state index in [9.17, 15) is 9.59 Å². The topological polar surface area (TPSA) is 71.5 Å². The van der Waals surface area contributed by atoms with E-state index in [4.69, 9.17) is 16.3 Å². The second-order valence-corrected chi connectivity index (χ2v) is 10.2. The van der Waals surface area contributed by atoms with Gasteiger partial charge in [0.25, 0.3) is 11.8 Å². The molecule has 1 aromatic heterocycles. The molecule has 1 aliphatic rings. The van der Waals surface area contributed by atoms with Gasteiger partial charge in [0.05, 0.1) is 5.01 Å². The third-order valence-electron chi connectivity index (χ3n) is 6.37. The maximum Gasteiger partial charge on any atom is 0.275 e. The molecule has 37 heavy (non-hydrogen) atoms. The number of carbonyl (C=O) groups excluding carboxylic acids is 2. The van der Waals surface area contributed by atoms with Gasteiger partial charge in [-0.25, -0.2) is 4.98 Å². The molecular weight excluding hydrogens is 506 g/mol. The van der Waals surface area contributed by atoms with Crippen LogP contribution >= 0.6 is 22.9 Å². The number of para-hydroxylation sites is 1. The summed E-state index contributed by atoms with van der Waals surface area (Å²) in [5.41, 5.74) is 3.16. The van der Waals surface area contributed by atoms with Crippen LogP contribution in [0.4, 0.5) is 5.69 Å². The molecule has 2 amide bonds. The van der Waals surface area contributed by atoms with Gasteiger partial charge in [-0.05, 0) is 42.7 Å². The van der Waals surface area contributed by atoms with Gasteiger partial charge in [-0.3, -0.25) is 9.59 Å². The molecule has 1 saturated heterocycles. The molecule has 0 atom stereocenters. The van der Waals surface area contributed by atoms with E-state index >= 15 is 0 Å². The van der Waals surface area contributed by atoms with E-state index < -0.39 is 0 Å². The number of carbonyl (C=O) groups is 2. The number of benzene rings is 3. The highest BCUT2D eigenvalue weighted by molar-refractivity contribution is 7.10. The molecule has 0 saturated carbocycles. The van der Waals surface area contributed by atoms with Gasteiger partial charge in [0, 0.05) is 40.7 Å². The summed E-state index contributed by atoms with van der Waals surface area (Å²) in [7, 11) is 0. The van der Waals surface area contributed by atoms with Crippen LogP contribution in [-0.4, -0.2) is 41.4 Å². The first-order valence-corrected chi connectivity index (χ1v) is 13.4. The van der Waals surface area contributed by atoms with E-state index in [0.29, 0.717) is 29.6 Å². The number of anilines is 1. The third kappa shape index (κ3) is 6.18. The quantitative estimate of drug-likeness (QED) is 0.295. The number of ether oxygens (including phenoxy) is 1. The molecule has 8 heteroatoms. The summed E-state index contributed by atoms with van der Waals surface area (Å²) >= 11 is 7.47. The van der Waals surface area contributed by atoms with Crippen LogP contribution < -0.4 is 10.1 Å². The van der Waals surface area contributed by atoms with Crippen LogP contribution in [0.5, 0.6) is 5.75 Å². The molecule has 1 N–H and O–H groups in total. The van der Waals surface area contributed by atoms with Crippen molar-refractivity contribution in [1.82, 2.24) is 9.88 Å². The number of rotatable bonds is 7. The molecule has 1 fully saturated rings. The molecule has 0 unspecified atom stereocenters. The van der Waals surface area contributed by atoms with Crippen molar-refractivity contribution in [3.8, 4) is 16.9 Å². The summed E-state index contributed by atoms with van der Waals surface area (Å²) in [6.07, 6.45) is 1.60. The highest BCUT2D eigenvalue weighted by Gasteiger charge is 2.26. The van der Waals surface area contributed by atoms with Gasteiger partial charge in [-0.15, -0.1) is 11.3 Å². The molecule has 6 nitrogen and oxygen atoms in total. The number of nitrogens with zero attached hydrogens (tertiary/aromatic N) is 2. The minimum atomic E-state index is -0.225. The Morgan fingerprint density at radius 3 is 2.54 bits per heavy atom. The van der Waals surface area contributed by atoms with Gasteiger partial charge < -0.3 is 15.0 Å². The third-order valence-corrected chi connectivity index (χ3v) is 7.61. The largest absolute Gasteiger partial charge is 0.484 e. The zero-order valence-corrected chi connectivity index (χ0v) is 21.7. The lowest BCUT2D eigenvalue weighted by Gasteiger charge is -2.31. The second-order valence-electron chi connectivity index (χ2n) is 8.84. The van der Waals surface area contributed by atoms with Gasteiger partial charge in [-0.2, -0.15) is 0 Å². The van der Waals surface area contributed by atoms with Crippen molar-refractivity contribution in [1.29, 1.82) is 0 Å². The van der Waals surface area contributed by atoms with Crippen molar-refractivity contribution < 1.29 is 14.3 Å². The van der Waals surface area contributed by atoms with Crippen LogP contribution in [0.1, 0.15) is 34.3 Å². The van der Waals surface area contributed by atoms with Crippen LogP contribution in [-0.2, 0) is 4.79 Å². The number of halogens is 1. The predicted molar refractivity (Wildman–Crippen MR) is 147 cm³/mol. The Bertz CT molecular complexity index is 1380. The number of thiazole rings is 1. The van der Waals surface area contributed by atoms with Crippen LogP contribution in [0.25, 0.3) is 11.1 Å². The fourth-order valence-electron chi connectivity index (χ4n) is 4.40. The Kier molecular flexibility index (Phi) is 7.82. The van der Waals surface area contributed by atoms with Crippen LogP contribution in [0.2, 0.25) is 5.02 Å². The summed E-state index contributed by atoms with van der Waals surface area (Å²) in [4.78, 5) is 32.1. The van der Waals surface area contributed by atoms with Crippen molar-refractivity contribution in [2.45, 2.75) is 18.8 Å². The molecular formula is C29H26ClN3O3S. The minimum absolute atomic E-state index is 0.0168. The van der Waals surface area contributed by atoms with Crippen molar-refractivity contribution in [2.24, 2.45) is 0 Å². The maximum atomic E-state index is 13.0. The predicted octanol–water partition coefficient (Wildman–Crippen LogP) is 6.50. The monoisotopic (exact) mass is 531 g/mol. The molecule has 0 bridgehead atoms. The van der Waals surface area contributed by atoms with Gasteiger partial charge in [0.15, 0.2) is 6.61 Å². The number of hydrogen-bond donors (Lipinski definition) is 1. The SMILES string of the molecule is O=C(Nc1ccccc1-c1ccccc1)c1csc(C2CCN(C(=O)COc3cccc(Cl)c3)CC2)n1. The minimum Gasteiger partial charge on any atom is -0.484 e.